The summed E-state index contributed by atoms with van der Waals surface area (Å²) in [4.78, 5) is 29.7. The van der Waals surface area contributed by atoms with E-state index in [0.29, 0.717) is 22.9 Å². The second kappa shape index (κ2) is 13.6. The number of anilines is 1. The fourth-order valence-corrected chi connectivity index (χ4v) is 17.0. The molecule has 38 heavy (non-hydrogen) atoms. The van der Waals surface area contributed by atoms with Gasteiger partial charge in [-0.25, -0.2) is 0 Å². The van der Waals surface area contributed by atoms with Crippen LogP contribution in [0.3, 0.4) is 0 Å². The third-order valence-electron chi connectivity index (χ3n) is 6.46. The van der Waals surface area contributed by atoms with Crippen molar-refractivity contribution in [2.75, 3.05) is 17.3 Å². The number of rotatable bonds is 9. The first-order chi connectivity index (χ1) is 18.4. The number of carbonyl (C=O) groups excluding carboxylic acids is 1. The zero-order valence-corrected chi connectivity index (χ0v) is 26.7. The van der Waals surface area contributed by atoms with E-state index < -0.39 is 15.8 Å². The number of carbonyl (C=O) groups is 1. The van der Waals surface area contributed by atoms with Crippen molar-refractivity contribution < 1.29 is 4.79 Å². The Morgan fingerprint density at radius 1 is 1.16 bits per heavy atom. The normalized spacial score (nSPS) is 21.1. The number of amides is 1. The first-order valence-corrected chi connectivity index (χ1v) is 23.5. The van der Waals surface area contributed by atoms with Gasteiger partial charge in [0.15, 0.2) is 0 Å². The molecule has 0 atom stereocenters. The van der Waals surface area contributed by atoms with Crippen LogP contribution >= 0.6 is 32.6 Å². The number of hydrogen-bond acceptors (Lipinski definition) is 6. The number of allylic oxidation sites excluding steroid dienone is 3. The monoisotopic (exact) mass is 738 g/mol. The first kappa shape index (κ1) is 28.6. The van der Waals surface area contributed by atoms with Crippen LogP contribution in [0, 0.1) is 0 Å². The predicted octanol–water partition coefficient (Wildman–Crippen LogP) is 6.01. The summed E-state index contributed by atoms with van der Waals surface area (Å²) in [6.45, 7) is 7.65. The van der Waals surface area contributed by atoms with Crippen LogP contribution in [0.25, 0.3) is 5.57 Å². The van der Waals surface area contributed by atoms with E-state index in [2.05, 4.69) is 41.4 Å². The zero-order valence-electron chi connectivity index (χ0n) is 22.4. The van der Waals surface area contributed by atoms with Crippen molar-refractivity contribution in [3.05, 3.63) is 81.5 Å². The van der Waals surface area contributed by atoms with Crippen LogP contribution in [0.5, 0.6) is 0 Å². The van der Waals surface area contributed by atoms with Crippen molar-refractivity contribution in [2.24, 2.45) is 4.99 Å². The Morgan fingerprint density at radius 2 is 1.87 bits per heavy atom. The second-order valence-corrected chi connectivity index (χ2v) is 25.1. The van der Waals surface area contributed by atoms with E-state index in [1.165, 1.54) is 9.28 Å². The van der Waals surface area contributed by atoms with Crippen LogP contribution in [0.15, 0.2) is 75.2 Å². The van der Waals surface area contributed by atoms with Crippen LogP contribution in [0.1, 0.15) is 50.8 Å². The van der Waals surface area contributed by atoms with Crippen molar-refractivity contribution in [3.63, 3.8) is 0 Å². The number of aliphatic imine (C=N–C) groups is 1. The number of benzene rings is 1. The maximum atomic E-state index is 13.3. The molecule has 1 saturated carbocycles. The smallest absolute Gasteiger partial charge is 0.000920 e. The van der Waals surface area contributed by atoms with Crippen molar-refractivity contribution >= 4 is 59.8 Å². The van der Waals surface area contributed by atoms with E-state index in [-0.39, 0.29) is 34.7 Å². The summed E-state index contributed by atoms with van der Waals surface area (Å²) >= 11 is -0.831. The Bertz CT molecular complexity index is 1290. The summed E-state index contributed by atoms with van der Waals surface area (Å²) in [7, 11) is 2.03. The summed E-state index contributed by atoms with van der Waals surface area (Å²) in [6, 6.07) is 12.2. The van der Waals surface area contributed by atoms with E-state index in [9.17, 15) is 4.79 Å². The van der Waals surface area contributed by atoms with Crippen molar-refractivity contribution in [2.45, 2.75) is 51.6 Å². The molecule has 0 spiro atoms. The van der Waals surface area contributed by atoms with Crippen molar-refractivity contribution in [3.8, 4) is 0 Å². The summed E-state index contributed by atoms with van der Waals surface area (Å²) in [5.74, 6) is 0.596. The van der Waals surface area contributed by atoms with Gasteiger partial charge in [-0.1, -0.05) is 43.0 Å². The van der Waals surface area contributed by atoms with Gasteiger partial charge in [0.1, 0.15) is 0 Å². The van der Waals surface area contributed by atoms with Gasteiger partial charge in [-0.05, 0) is 13.8 Å². The quantitative estimate of drug-likeness (QED) is 0.0965. The van der Waals surface area contributed by atoms with Gasteiger partial charge in [0.25, 0.3) is 0 Å². The number of aromatic nitrogens is 2. The van der Waals surface area contributed by atoms with Gasteiger partial charge in [-0.3, -0.25) is 9.79 Å². The van der Waals surface area contributed by atoms with Crippen LogP contribution in [0.4, 0.5) is 5.95 Å². The fourth-order valence-electron chi connectivity index (χ4n) is 4.61. The molecule has 0 unspecified atom stereocenters. The Balaban J connectivity index is 1.36. The van der Waals surface area contributed by atoms with Crippen molar-refractivity contribution in [1.29, 1.82) is 0 Å². The van der Waals surface area contributed by atoms with Crippen LogP contribution in [-0.2, 0) is 4.79 Å². The molecular weight excluding hydrogens is 702 g/mol. The average Bonchev–Trinajstić information content (AvgIpc) is 3.30. The molecule has 0 bridgehead atoms. The number of nitrogens with one attached hydrogen (secondary N) is 3. The average molecular weight is 738 g/mol. The molecule has 2 aromatic rings. The molecule has 1 amide bonds. The topological polar surface area (TPSA) is 91.3 Å². The molecule has 1 fully saturated rings. The van der Waals surface area contributed by atoms with Gasteiger partial charge in [-0.2, -0.15) is 0 Å². The number of nitrogens with zero attached hydrogens (tertiary/aromatic N) is 3. The molecule has 202 valence electrons. The molecule has 4 rings (SSSR count). The number of alkyl halides is 1. The number of halogens is 2. The van der Waals surface area contributed by atoms with Crippen molar-refractivity contribution in [1.82, 2.24) is 20.6 Å². The Labute approximate surface area is 239 Å². The predicted molar refractivity (Wildman–Crippen MR) is 177 cm³/mol. The molecule has 1 aliphatic carbocycles. The van der Waals surface area contributed by atoms with Gasteiger partial charge >= 0.3 is 151 Å². The molecule has 1 aliphatic heterocycles. The Hall–Kier alpha value is -2.41. The second-order valence-electron chi connectivity index (χ2n) is 9.27. The molecular formula is C29H36I2N6O. The minimum absolute atomic E-state index is 0.0914. The summed E-state index contributed by atoms with van der Waals surface area (Å²) in [6.07, 6.45) is 7.38. The van der Waals surface area contributed by atoms with Gasteiger partial charge in [0.05, 0.1) is 11.3 Å². The Morgan fingerprint density at radius 3 is 2.53 bits per heavy atom. The zero-order chi connectivity index (χ0) is 27.1. The minimum atomic E-state index is -0.993. The van der Waals surface area contributed by atoms with Gasteiger partial charge in [0, 0.05) is 11.3 Å². The van der Waals surface area contributed by atoms with Crippen LogP contribution < -0.4 is 16.0 Å². The molecule has 7 nitrogen and oxygen atoms in total. The molecule has 2 heterocycles. The summed E-state index contributed by atoms with van der Waals surface area (Å²) < 4.78 is 3.87. The molecule has 1 aromatic heterocycles. The van der Waals surface area contributed by atoms with E-state index >= 15 is 0 Å². The van der Waals surface area contributed by atoms with Gasteiger partial charge in [-0.15, -0.1) is 0 Å². The van der Waals surface area contributed by atoms with Gasteiger partial charge in [0.2, 0.25) is 0 Å². The standard InChI is InChI=1S/C29H36I2N6O/c1-6-23(26(34-19(2)3)20-10-8-7-9-11-20)28(38)35-21-12-14-22(15-13-21)36-29-33-17-16-25(37-29)24-18-30-31(4)27(24)32-5/h6-11,16-18,21-22,32H,2,12-15H2,1,3-5H3,(H,35,38)(H,33,36,37)/b23-6+,34-26?. The molecule has 0 radical (unpaired) electrons. The van der Waals surface area contributed by atoms with E-state index in [4.69, 9.17) is 4.98 Å². The molecule has 2 aliphatic rings. The summed E-state index contributed by atoms with van der Waals surface area (Å²) in [5.41, 5.74) is 5.09. The molecule has 9 heteroatoms. The maximum absolute atomic E-state index is 13.3. The Kier molecular flexibility index (Phi) is 10.2. The van der Waals surface area contributed by atoms with Crippen LogP contribution in [-0.4, -0.2) is 49.7 Å². The van der Waals surface area contributed by atoms with Crippen LogP contribution in [0.2, 0.25) is 0 Å². The van der Waals surface area contributed by atoms with E-state index in [1.807, 2.05) is 69.6 Å². The molecule has 0 saturated heterocycles. The third kappa shape index (κ3) is 7.16. The fraction of sp³-hybridized carbons (Fsp3) is 0.345. The maximum Gasteiger partial charge on any atom is 0.000920 e. The molecule has 1 aromatic carbocycles. The molecule has 3 N–H and O–H groups in total. The van der Waals surface area contributed by atoms with E-state index in [0.717, 1.165) is 36.9 Å². The minimum Gasteiger partial charge on any atom is -0.0622 e. The largest absolute Gasteiger partial charge is 0.0622 e. The summed E-state index contributed by atoms with van der Waals surface area (Å²) in [5, 5.41) is 10.2. The van der Waals surface area contributed by atoms with Gasteiger partial charge < -0.3 is 0 Å². The van der Waals surface area contributed by atoms with E-state index in [1.54, 1.807) is 0 Å². The SMILES string of the molecule is C=C(C)N=C(/C(=C\C)C(=O)NC1CCC(Nc2nccc(C3=C(NC)I(C)I=C3)n2)CC1)c1ccccc1. The third-order valence-corrected chi connectivity index (χ3v) is 19.7. The first-order valence-electron chi connectivity index (χ1n) is 12.8. The number of hydrogen-bond donors (Lipinski definition) is 3.